The van der Waals surface area contributed by atoms with Gasteiger partial charge in [-0.1, -0.05) is 6.92 Å². The minimum atomic E-state index is -0.346. The molecule has 0 rings (SSSR count). The molecule has 1 atom stereocenters. The Kier molecular flexibility index (Phi) is 14.8. The van der Waals surface area contributed by atoms with Crippen LogP contribution >= 0.6 is 0 Å². The summed E-state index contributed by atoms with van der Waals surface area (Å²) >= 11 is 0. The molecule has 0 aromatic heterocycles. The number of carbonyl (C=O) groups is 2. The van der Waals surface area contributed by atoms with Crippen molar-refractivity contribution in [1.82, 2.24) is 16.0 Å². The predicted octanol–water partition coefficient (Wildman–Crippen LogP) is -1.15. The molecule has 0 fully saturated rings. The number of nitrogens with two attached hydrogens (primary N) is 1. The van der Waals surface area contributed by atoms with Crippen molar-refractivity contribution in [3.05, 3.63) is 0 Å². The molecule has 0 aliphatic rings. The molecule has 0 aliphatic heterocycles. The van der Waals surface area contributed by atoms with Gasteiger partial charge >= 0.3 is 0 Å². The number of methoxy groups -OCH3 is 1. The van der Waals surface area contributed by atoms with Gasteiger partial charge in [0.05, 0.1) is 13.2 Å². The largest absolute Gasteiger partial charge is 0.382 e. The molecule has 0 aliphatic carbocycles. The lowest BCUT2D eigenvalue weighted by molar-refractivity contribution is -0.129. The Morgan fingerprint density at radius 3 is 2.52 bits per heavy atom. The third kappa shape index (κ3) is 14.1. The van der Waals surface area contributed by atoms with Crippen LogP contribution in [0.4, 0.5) is 0 Å². The average Bonchev–Trinajstić information content (AvgIpc) is 2.53. The summed E-state index contributed by atoms with van der Waals surface area (Å²) in [6, 6.07) is 0. The van der Waals surface area contributed by atoms with Crippen LogP contribution in [0, 0.1) is 5.92 Å². The second-order valence-corrected chi connectivity index (χ2v) is 5.24. The predicted molar refractivity (Wildman–Crippen MR) is 89.0 cm³/mol. The third-order valence-corrected chi connectivity index (χ3v) is 3.08. The van der Waals surface area contributed by atoms with Crippen LogP contribution in [0.5, 0.6) is 0 Å². The molecular formula is C15H32N4O4. The van der Waals surface area contributed by atoms with Crippen molar-refractivity contribution < 1.29 is 19.1 Å². The molecule has 0 aromatic rings. The quantitative estimate of drug-likeness (QED) is 0.281. The van der Waals surface area contributed by atoms with Gasteiger partial charge < -0.3 is 31.2 Å². The van der Waals surface area contributed by atoms with Gasteiger partial charge in [-0.3, -0.25) is 9.59 Å². The van der Waals surface area contributed by atoms with Crippen molar-refractivity contribution in [2.75, 3.05) is 59.7 Å². The van der Waals surface area contributed by atoms with E-state index in [0.29, 0.717) is 46.0 Å². The van der Waals surface area contributed by atoms with E-state index in [4.69, 9.17) is 15.2 Å². The van der Waals surface area contributed by atoms with Gasteiger partial charge in [-0.15, -0.1) is 0 Å². The first-order valence-corrected chi connectivity index (χ1v) is 8.13. The van der Waals surface area contributed by atoms with Crippen molar-refractivity contribution in [3.8, 4) is 0 Å². The van der Waals surface area contributed by atoms with Gasteiger partial charge in [0.1, 0.15) is 0 Å². The number of carbonyl (C=O) groups excluding carboxylic acids is 2. The van der Waals surface area contributed by atoms with Crippen molar-refractivity contribution in [1.29, 1.82) is 0 Å². The number of amides is 2. The molecule has 0 saturated heterocycles. The SMILES string of the molecule is COCCOCCCNC(=O)C(C)CC(=O)NCCNCCN. The molecule has 0 radical (unpaired) electrons. The molecule has 0 aromatic carbocycles. The van der Waals surface area contributed by atoms with Gasteiger partial charge in [0.25, 0.3) is 0 Å². The van der Waals surface area contributed by atoms with Gasteiger partial charge in [0.2, 0.25) is 11.8 Å². The van der Waals surface area contributed by atoms with Crippen LogP contribution in [0.1, 0.15) is 19.8 Å². The summed E-state index contributed by atoms with van der Waals surface area (Å²) in [5, 5.41) is 8.66. The van der Waals surface area contributed by atoms with Crippen LogP contribution < -0.4 is 21.7 Å². The second kappa shape index (κ2) is 15.7. The van der Waals surface area contributed by atoms with Crippen molar-refractivity contribution in [3.63, 3.8) is 0 Å². The Morgan fingerprint density at radius 2 is 1.83 bits per heavy atom. The molecule has 8 heteroatoms. The van der Waals surface area contributed by atoms with E-state index in [1.807, 2.05) is 0 Å². The lowest BCUT2D eigenvalue weighted by Crippen LogP contribution is -2.37. The van der Waals surface area contributed by atoms with Gasteiger partial charge in [-0.05, 0) is 6.42 Å². The molecule has 23 heavy (non-hydrogen) atoms. The number of hydrogen-bond donors (Lipinski definition) is 4. The van der Waals surface area contributed by atoms with Crippen LogP contribution in [0.15, 0.2) is 0 Å². The highest BCUT2D eigenvalue weighted by atomic mass is 16.5. The van der Waals surface area contributed by atoms with E-state index in [9.17, 15) is 9.59 Å². The van der Waals surface area contributed by atoms with Crippen molar-refractivity contribution in [2.45, 2.75) is 19.8 Å². The zero-order valence-electron chi connectivity index (χ0n) is 14.4. The van der Waals surface area contributed by atoms with Gasteiger partial charge in [-0.25, -0.2) is 0 Å². The van der Waals surface area contributed by atoms with Crippen molar-refractivity contribution >= 4 is 11.8 Å². The van der Waals surface area contributed by atoms with E-state index < -0.39 is 0 Å². The highest BCUT2D eigenvalue weighted by Crippen LogP contribution is 2.01. The topological polar surface area (TPSA) is 115 Å². The maximum atomic E-state index is 11.9. The zero-order valence-corrected chi connectivity index (χ0v) is 14.4. The molecule has 5 N–H and O–H groups in total. The lowest BCUT2D eigenvalue weighted by Gasteiger charge is -2.12. The van der Waals surface area contributed by atoms with Gasteiger partial charge in [-0.2, -0.15) is 0 Å². The Bertz CT molecular complexity index is 316. The van der Waals surface area contributed by atoms with Crippen LogP contribution in [-0.2, 0) is 19.1 Å². The molecule has 1 unspecified atom stereocenters. The third-order valence-electron chi connectivity index (χ3n) is 3.08. The molecule has 0 bridgehead atoms. The highest BCUT2D eigenvalue weighted by Gasteiger charge is 2.16. The zero-order chi connectivity index (χ0) is 17.3. The maximum Gasteiger partial charge on any atom is 0.223 e. The van der Waals surface area contributed by atoms with Crippen LogP contribution in [0.25, 0.3) is 0 Å². The minimum absolute atomic E-state index is 0.113. The monoisotopic (exact) mass is 332 g/mol. The first-order chi connectivity index (χ1) is 11.1. The fourth-order valence-electron chi connectivity index (χ4n) is 1.76. The number of hydrogen-bond acceptors (Lipinski definition) is 6. The molecule has 0 saturated carbocycles. The van der Waals surface area contributed by atoms with E-state index >= 15 is 0 Å². The maximum absolute atomic E-state index is 11.9. The van der Waals surface area contributed by atoms with E-state index in [1.54, 1.807) is 14.0 Å². The van der Waals surface area contributed by atoms with Crippen LogP contribution in [0.3, 0.4) is 0 Å². The summed E-state index contributed by atoms with van der Waals surface area (Å²) in [5.41, 5.74) is 5.34. The summed E-state index contributed by atoms with van der Waals surface area (Å²) < 4.78 is 10.2. The van der Waals surface area contributed by atoms with Crippen LogP contribution in [-0.4, -0.2) is 71.5 Å². The van der Waals surface area contributed by atoms with Gasteiger partial charge in [0.15, 0.2) is 0 Å². The van der Waals surface area contributed by atoms with Crippen LogP contribution in [0.2, 0.25) is 0 Å². The molecule has 2 amide bonds. The summed E-state index contributed by atoms with van der Waals surface area (Å²) in [7, 11) is 1.62. The molecule has 0 heterocycles. The summed E-state index contributed by atoms with van der Waals surface area (Å²) in [6.45, 7) is 6.50. The van der Waals surface area contributed by atoms with Gasteiger partial charge in [0, 0.05) is 58.8 Å². The Balaban J connectivity index is 3.58. The molecule has 136 valence electrons. The Hall–Kier alpha value is -1.22. The summed E-state index contributed by atoms with van der Waals surface area (Å²) in [6.07, 6.45) is 0.925. The molecule has 8 nitrogen and oxygen atoms in total. The highest BCUT2D eigenvalue weighted by molar-refractivity contribution is 5.85. The number of nitrogens with one attached hydrogen (secondary N) is 3. The standard InChI is InChI=1S/C15H32N4O4/c1-13(12-14(20)18-8-7-17-6-4-16)15(21)19-5-3-9-23-11-10-22-2/h13,17H,3-12,16H2,1-2H3,(H,18,20)(H,19,21). The fraction of sp³-hybridized carbons (Fsp3) is 0.867. The Labute approximate surface area is 138 Å². The lowest BCUT2D eigenvalue weighted by atomic mass is 10.1. The van der Waals surface area contributed by atoms with E-state index in [-0.39, 0.29) is 24.2 Å². The smallest absolute Gasteiger partial charge is 0.223 e. The molecule has 0 spiro atoms. The van der Waals surface area contributed by atoms with E-state index in [0.717, 1.165) is 13.0 Å². The average molecular weight is 332 g/mol. The fourth-order valence-corrected chi connectivity index (χ4v) is 1.76. The Morgan fingerprint density at radius 1 is 1.04 bits per heavy atom. The van der Waals surface area contributed by atoms with Crippen molar-refractivity contribution in [2.24, 2.45) is 11.7 Å². The van der Waals surface area contributed by atoms with E-state index in [1.165, 1.54) is 0 Å². The molecular weight excluding hydrogens is 300 g/mol. The summed E-state index contributed by atoms with van der Waals surface area (Å²) in [4.78, 5) is 23.5. The van der Waals surface area contributed by atoms with E-state index in [2.05, 4.69) is 16.0 Å². The number of ether oxygens (including phenoxy) is 2. The minimum Gasteiger partial charge on any atom is -0.382 e. The summed E-state index contributed by atoms with van der Waals surface area (Å²) in [5.74, 6) is -0.579. The first kappa shape index (κ1) is 21.8. The second-order valence-electron chi connectivity index (χ2n) is 5.24. The normalized spacial score (nSPS) is 12.0. The number of rotatable bonds is 15. The first-order valence-electron chi connectivity index (χ1n) is 8.13.